The predicted octanol–water partition coefficient (Wildman–Crippen LogP) is 3.20. The van der Waals surface area contributed by atoms with Crippen molar-refractivity contribution in [3.63, 3.8) is 0 Å². The molecule has 5 nitrogen and oxygen atoms in total. The Labute approximate surface area is 180 Å². The SMILES string of the molecule is COC(=O)C1=C(C)N=c2s/c(=C/c3ccc(F)cc3)c(=O)n2C1c1ccc(Cl)cc1. The zero-order valence-electron chi connectivity index (χ0n) is 16.1. The second-order valence-corrected chi connectivity index (χ2v) is 8.12. The molecule has 2 heterocycles. The number of fused-ring (bicyclic) bond motifs is 1. The highest BCUT2D eigenvalue weighted by Crippen LogP contribution is 2.31. The number of aromatic nitrogens is 1. The summed E-state index contributed by atoms with van der Waals surface area (Å²) >= 11 is 7.23. The molecule has 8 heteroatoms. The van der Waals surface area contributed by atoms with E-state index in [0.29, 0.717) is 36.8 Å². The van der Waals surface area contributed by atoms with Crippen LogP contribution in [0.2, 0.25) is 5.02 Å². The molecule has 1 aromatic heterocycles. The van der Waals surface area contributed by atoms with Gasteiger partial charge in [0.15, 0.2) is 4.80 Å². The second-order valence-electron chi connectivity index (χ2n) is 6.68. The summed E-state index contributed by atoms with van der Waals surface area (Å²) in [6.07, 6.45) is 1.68. The van der Waals surface area contributed by atoms with E-state index < -0.39 is 12.0 Å². The smallest absolute Gasteiger partial charge is 0.338 e. The Bertz CT molecular complexity index is 1340. The van der Waals surface area contributed by atoms with Gasteiger partial charge in [-0.2, -0.15) is 0 Å². The molecule has 0 radical (unpaired) electrons. The molecular formula is C22H16ClFN2O3S. The molecule has 1 atom stereocenters. The van der Waals surface area contributed by atoms with E-state index in [2.05, 4.69) is 4.99 Å². The fourth-order valence-corrected chi connectivity index (χ4v) is 4.54. The number of methoxy groups -OCH3 is 1. The van der Waals surface area contributed by atoms with Crippen molar-refractivity contribution in [2.75, 3.05) is 7.11 Å². The summed E-state index contributed by atoms with van der Waals surface area (Å²) in [6.45, 7) is 1.71. The van der Waals surface area contributed by atoms with Gasteiger partial charge in [-0.25, -0.2) is 14.2 Å². The summed E-state index contributed by atoms with van der Waals surface area (Å²) in [4.78, 5) is 30.8. The van der Waals surface area contributed by atoms with Crippen molar-refractivity contribution in [3.05, 3.63) is 101 Å². The van der Waals surface area contributed by atoms with Crippen LogP contribution in [0.1, 0.15) is 24.1 Å². The minimum Gasteiger partial charge on any atom is -0.466 e. The molecule has 0 fully saturated rings. The third-order valence-electron chi connectivity index (χ3n) is 4.78. The quantitative estimate of drug-likeness (QED) is 0.585. The van der Waals surface area contributed by atoms with E-state index in [9.17, 15) is 14.0 Å². The lowest BCUT2D eigenvalue weighted by atomic mass is 9.96. The average Bonchev–Trinajstić information content (AvgIpc) is 3.03. The standard InChI is InChI=1S/C22H16ClFN2O3S/c1-12-18(21(28)29-2)19(14-5-7-15(23)8-6-14)26-20(27)17(30-22(26)25-12)11-13-3-9-16(24)10-4-13/h3-11,19H,1-2H3/b17-11+. The zero-order chi connectivity index (χ0) is 21.4. The van der Waals surface area contributed by atoms with Crippen molar-refractivity contribution < 1.29 is 13.9 Å². The highest BCUT2D eigenvalue weighted by atomic mass is 35.5. The predicted molar refractivity (Wildman–Crippen MR) is 114 cm³/mol. The molecule has 0 amide bonds. The Morgan fingerprint density at radius 2 is 1.87 bits per heavy atom. The lowest BCUT2D eigenvalue weighted by molar-refractivity contribution is -0.136. The van der Waals surface area contributed by atoms with Crippen molar-refractivity contribution in [2.24, 2.45) is 4.99 Å². The molecule has 0 bridgehead atoms. The first kappa shape index (κ1) is 20.3. The number of hydrogen-bond acceptors (Lipinski definition) is 5. The fraction of sp³-hybridized carbons (Fsp3) is 0.136. The number of halogens is 2. The molecule has 1 aliphatic heterocycles. The minimum atomic E-state index is -0.693. The van der Waals surface area contributed by atoms with Crippen molar-refractivity contribution in [3.8, 4) is 0 Å². The van der Waals surface area contributed by atoms with E-state index in [-0.39, 0.29) is 11.4 Å². The number of rotatable bonds is 3. The van der Waals surface area contributed by atoms with Gasteiger partial charge in [-0.05, 0) is 48.4 Å². The van der Waals surface area contributed by atoms with Gasteiger partial charge in [-0.15, -0.1) is 0 Å². The molecule has 0 N–H and O–H groups in total. The molecule has 1 aliphatic rings. The molecule has 0 aliphatic carbocycles. The van der Waals surface area contributed by atoms with Crippen LogP contribution < -0.4 is 14.9 Å². The van der Waals surface area contributed by atoms with Gasteiger partial charge in [0.25, 0.3) is 5.56 Å². The largest absolute Gasteiger partial charge is 0.466 e. The number of benzene rings is 2. The van der Waals surface area contributed by atoms with E-state index >= 15 is 0 Å². The number of allylic oxidation sites excluding steroid dienone is 1. The van der Waals surface area contributed by atoms with Crippen molar-refractivity contribution in [1.82, 2.24) is 4.57 Å². The maximum Gasteiger partial charge on any atom is 0.338 e. The molecule has 1 unspecified atom stereocenters. The van der Waals surface area contributed by atoms with Gasteiger partial charge in [-0.3, -0.25) is 9.36 Å². The van der Waals surface area contributed by atoms with Crippen LogP contribution in [-0.4, -0.2) is 17.6 Å². The number of hydrogen-bond donors (Lipinski definition) is 0. The van der Waals surface area contributed by atoms with Crippen molar-refractivity contribution >= 4 is 35.0 Å². The van der Waals surface area contributed by atoms with Crippen LogP contribution in [0.5, 0.6) is 0 Å². The monoisotopic (exact) mass is 442 g/mol. The maximum atomic E-state index is 13.3. The third-order valence-corrected chi connectivity index (χ3v) is 6.02. The lowest BCUT2D eigenvalue weighted by Crippen LogP contribution is -2.39. The number of carbonyl (C=O) groups excluding carboxylic acids is 1. The fourth-order valence-electron chi connectivity index (χ4n) is 3.36. The van der Waals surface area contributed by atoms with Crippen LogP contribution in [0.4, 0.5) is 4.39 Å². The Morgan fingerprint density at radius 3 is 2.50 bits per heavy atom. The number of carbonyl (C=O) groups is 1. The van der Waals surface area contributed by atoms with Crippen molar-refractivity contribution in [2.45, 2.75) is 13.0 Å². The van der Waals surface area contributed by atoms with Crippen LogP contribution in [-0.2, 0) is 9.53 Å². The topological polar surface area (TPSA) is 60.7 Å². The molecule has 2 aromatic carbocycles. The summed E-state index contributed by atoms with van der Waals surface area (Å²) < 4.78 is 20.1. The normalized spacial score (nSPS) is 16.3. The lowest BCUT2D eigenvalue weighted by Gasteiger charge is -2.24. The van der Waals surface area contributed by atoms with Gasteiger partial charge in [0.05, 0.1) is 29.0 Å². The first-order valence-electron chi connectivity index (χ1n) is 9.01. The van der Waals surface area contributed by atoms with Gasteiger partial charge in [0.2, 0.25) is 0 Å². The van der Waals surface area contributed by atoms with E-state index in [4.69, 9.17) is 16.3 Å². The number of esters is 1. The Morgan fingerprint density at radius 1 is 1.20 bits per heavy atom. The third kappa shape index (κ3) is 3.62. The summed E-state index contributed by atoms with van der Waals surface area (Å²) in [5, 5.41) is 0.544. The summed E-state index contributed by atoms with van der Waals surface area (Å²) in [6, 6.07) is 12.1. The zero-order valence-corrected chi connectivity index (χ0v) is 17.6. The molecule has 3 aromatic rings. The number of ether oxygens (including phenoxy) is 1. The average molecular weight is 443 g/mol. The van der Waals surface area contributed by atoms with E-state index in [1.54, 1.807) is 49.4 Å². The van der Waals surface area contributed by atoms with Gasteiger partial charge in [-0.1, -0.05) is 47.2 Å². The summed E-state index contributed by atoms with van der Waals surface area (Å²) in [5.41, 5.74) is 1.88. The molecule has 4 rings (SSSR count). The molecule has 30 heavy (non-hydrogen) atoms. The van der Waals surface area contributed by atoms with Crippen LogP contribution >= 0.6 is 22.9 Å². The van der Waals surface area contributed by atoms with Crippen molar-refractivity contribution in [1.29, 1.82) is 0 Å². The highest BCUT2D eigenvalue weighted by molar-refractivity contribution is 7.07. The molecule has 0 saturated heterocycles. The van der Waals surface area contributed by atoms with E-state index in [0.717, 1.165) is 0 Å². The maximum absolute atomic E-state index is 13.3. The molecule has 0 spiro atoms. The van der Waals surface area contributed by atoms with Gasteiger partial charge in [0, 0.05) is 5.02 Å². The first-order valence-corrected chi connectivity index (χ1v) is 10.2. The van der Waals surface area contributed by atoms with Gasteiger partial charge < -0.3 is 4.74 Å². The summed E-state index contributed by atoms with van der Waals surface area (Å²) in [5.74, 6) is -0.904. The Kier molecular flexibility index (Phi) is 5.40. The minimum absolute atomic E-state index is 0.292. The van der Waals surface area contributed by atoms with Crippen LogP contribution in [0, 0.1) is 5.82 Å². The van der Waals surface area contributed by atoms with E-state index in [1.165, 1.54) is 35.1 Å². The molecule has 0 saturated carbocycles. The second kappa shape index (κ2) is 8.01. The highest BCUT2D eigenvalue weighted by Gasteiger charge is 2.32. The number of nitrogens with zero attached hydrogens (tertiary/aromatic N) is 2. The van der Waals surface area contributed by atoms with Crippen LogP contribution in [0.3, 0.4) is 0 Å². The van der Waals surface area contributed by atoms with Gasteiger partial charge in [0.1, 0.15) is 5.82 Å². The van der Waals surface area contributed by atoms with E-state index in [1.807, 2.05) is 0 Å². The summed E-state index contributed by atoms with van der Waals surface area (Å²) in [7, 11) is 1.29. The van der Waals surface area contributed by atoms with Gasteiger partial charge >= 0.3 is 5.97 Å². The first-order chi connectivity index (χ1) is 14.4. The molecule has 152 valence electrons. The Hall–Kier alpha value is -3.03. The number of thiazole rings is 1. The van der Waals surface area contributed by atoms with Crippen LogP contribution in [0.15, 0.2) is 69.6 Å². The van der Waals surface area contributed by atoms with Crippen LogP contribution in [0.25, 0.3) is 6.08 Å². The Balaban J connectivity index is 1.96. The molecular weight excluding hydrogens is 427 g/mol.